The molecule has 1 amide bonds. The van der Waals surface area contributed by atoms with Gasteiger partial charge in [-0.05, 0) is 43.9 Å². The molecule has 0 aromatic heterocycles. The van der Waals surface area contributed by atoms with Gasteiger partial charge in [0, 0.05) is 6.54 Å². The van der Waals surface area contributed by atoms with Crippen LogP contribution >= 0.6 is 0 Å². The second-order valence-corrected chi connectivity index (χ2v) is 8.68. The molecule has 0 aliphatic heterocycles. The summed E-state index contributed by atoms with van der Waals surface area (Å²) in [5.74, 6) is -1.27. The molecule has 30 heavy (non-hydrogen) atoms. The van der Waals surface area contributed by atoms with Crippen LogP contribution in [0.5, 0.6) is 0 Å². The summed E-state index contributed by atoms with van der Waals surface area (Å²) in [7, 11) is -3.97. The fourth-order valence-corrected chi connectivity index (χ4v) is 4.14. The number of ether oxygens (including phenoxy) is 1. The van der Waals surface area contributed by atoms with Gasteiger partial charge in [0.1, 0.15) is 12.1 Å². The van der Waals surface area contributed by atoms with Crippen molar-refractivity contribution in [2.45, 2.75) is 43.2 Å². The molecule has 8 nitrogen and oxygen atoms in total. The minimum atomic E-state index is -3.97. The first kappa shape index (κ1) is 23.4. The highest BCUT2D eigenvalue weighted by molar-refractivity contribution is 7.89. The summed E-state index contributed by atoms with van der Waals surface area (Å²) in [6.45, 7) is 1.77. The van der Waals surface area contributed by atoms with Gasteiger partial charge in [-0.25, -0.2) is 13.2 Å². The Morgan fingerprint density at radius 1 is 1.00 bits per heavy atom. The summed E-state index contributed by atoms with van der Waals surface area (Å²) < 4.78 is 32.3. The highest BCUT2D eigenvalue weighted by atomic mass is 32.2. The van der Waals surface area contributed by atoms with E-state index in [9.17, 15) is 23.1 Å². The number of amides is 1. The number of hydrogen-bond donors (Lipinski definition) is 3. The maximum atomic E-state index is 12.5. The van der Waals surface area contributed by atoms with Crippen molar-refractivity contribution in [3.8, 4) is 0 Å². The van der Waals surface area contributed by atoms with Crippen LogP contribution < -0.4 is 10.0 Å². The average Bonchev–Trinajstić information content (AvgIpc) is 2.73. The first-order valence-electron chi connectivity index (χ1n) is 9.50. The molecule has 3 N–H and O–H groups in total. The number of unbranched alkanes of at least 4 members (excludes halogenated alkanes) is 1. The largest absolute Gasteiger partial charge is 0.480 e. The van der Waals surface area contributed by atoms with Crippen molar-refractivity contribution >= 4 is 22.1 Å². The predicted octanol–water partition coefficient (Wildman–Crippen LogP) is 2.90. The van der Waals surface area contributed by atoms with Gasteiger partial charge in [-0.3, -0.25) is 4.79 Å². The molecule has 9 heteroatoms. The lowest BCUT2D eigenvalue weighted by atomic mass is 9.96. The van der Waals surface area contributed by atoms with E-state index in [4.69, 9.17) is 4.74 Å². The summed E-state index contributed by atoms with van der Waals surface area (Å²) in [5.41, 5.74) is -0.793. The number of rotatable bonds is 11. The van der Waals surface area contributed by atoms with E-state index in [1.165, 1.54) is 19.1 Å². The molecule has 0 saturated heterocycles. The molecule has 0 spiro atoms. The van der Waals surface area contributed by atoms with Crippen molar-refractivity contribution in [1.82, 2.24) is 10.0 Å². The SMILES string of the molecule is C[C@@](CCCCNC(=O)OCc1ccccc1)(NS(=O)(=O)c1ccccc1)C(=O)O. The molecule has 2 rings (SSSR count). The number of benzene rings is 2. The van der Waals surface area contributed by atoms with Gasteiger partial charge in [-0.15, -0.1) is 0 Å². The van der Waals surface area contributed by atoms with E-state index in [0.29, 0.717) is 12.8 Å². The Balaban J connectivity index is 1.77. The zero-order valence-electron chi connectivity index (χ0n) is 16.7. The quantitative estimate of drug-likeness (QED) is 0.468. The molecular weight excluding hydrogens is 408 g/mol. The van der Waals surface area contributed by atoms with Gasteiger partial charge in [0.25, 0.3) is 0 Å². The lowest BCUT2D eigenvalue weighted by molar-refractivity contribution is -0.143. The summed E-state index contributed by atoms with van der Waals surface area (Å²) in [6.07, 6.45) is 0.356. The summed E-state index contributed by atoms with van der Waals surface area (Å²) >= 11 is 0. The van der Waals surface area contributed by atoms with Crippen LogP contribution in [0.15, 0.2) is 65.6 Å². The Kier molecular flexibility index (Phi) is 8.37. The van der Waals surface area contributed by atoms with Crippen LogP contribution in [0, 0.1) is 0 Å². The molecule has 2 aromatic carbocycles. The molecule has 1 atom stereocenters. The van der Waals surface area contributed by atoms with Gasteiger partial charge in [0.05, 0.1) is 4.90 Å². The van der Waals surface area contributed by atoms with Crippen LogP contribution in [0.1, 0.15) is 31.7 Å². The van der Waals surface area contributed by atoms with E-state index in [-0.39, 0.29) is 24.5 Å². The number of nitrogens with one attached hydrogen (secondary N) is 2. The Labute approximate surface area is 176 Å². The van der Waals surface area contributed by atoms with Crippen molar-refractivity contribution < 1.29 is 27.9 Å². The monoisotopic (exact) mass is 434 g/mol. The van der Waals surface area contributed by atoms with Crippen LogP contribution in [-0.4, -0.2) is 37.7 Å². The molecule has 0 bridgehead atoms. The van der Waals surface area contributed by atoms with Gasteiger partial charge in [-0.2, -0.15) is 4.72 Å². The Hall–Kier alpha value is -2.91. The normalized spacial score (nSPS) is 13.2. The molecule has 0 fully saturated rings. The van der Waals surface area contributed by atoms with Gasteiger partial charge in [0.15, 0.2) is 0 Å². The van der Waals surface area contributed by atoms with Crippen LogP contribution in [0.25, 0.3) is 0 Å². The number of aliphatic carboxylic acids is 1. The molecule has 0 radical (unpaired) electrons. The van der Waals surface area contributed by atoms with Crippen molar-refractivity contribution in [3.63, 3.8) is 0 Å². The second-order valence-electron chi connectivity index (χ2n) is 7.00. The van der Waals surface area contributed by atoms with E-state index in [1.54, 1.807) is 18.2 Å². The highest BCUT2D eigenvalue weighted by Crippen LogP contribution is 2.19. The molecule has 0 saturated carbocycles. The molecule has 0 aliphatic carbocycles. The predicted molar refractivity (Wildman–Crippen MR) is 111 cm³/mol. The minimum Gasteiger partial charge on any atom is -0.480 e. The first-order chi connectivity index (χ1) is 14.2. The number of carboxylic acids is 1. The van der Waals surface area contributed by atoms with Gasteiger partial charge in [0.2, 0.25) is 10.0 Å². The van der Waals surface area contributed by atoms with E-state index in [0.717, 1.165) is 5.56 Å². The van der Waals surface area contributed by atoms with Crippen LogP contribution in [0.4, 0.5) is 4.79 Å². The van der Waals surface area contributed by atoms with Crippen LogP contribution in [-0.2, 0) is 26.2 Å². The standard InChI is InChI=1S/C21H26N2O6S/c1-21(19(24)25,23-30(27,28)18-12-6-3-7-13-18)14-8-9-15-22-20(26)29-16-17-10-4-2-5-11-17/h2-7,10-13,23H,8-9,14-16H2,1H3,(H,22,26)(H,24,25)/t21-/m0/s1. The lowest BCUT2D eigenvalue weighted by Crippen LogP contribution is -2.52. The zero-order chi connectivity index (χ0) is 22.0. The van der Waals surface area contributed by atoms with E-state index >= 15 is 0 Å². The van der Waals surface area contributed by atoms with Crippen molar-refractivity contribution in [2.24, 2.45) is 0 Å². The number of carboxylic acid groups (broad SMARTS) is 1. The molecule has 0 heterocycles. The zero-order valence-corrected chi connectivity index (χ0v) is 17.5. The van der Waals surface area contributed by atoms with Crippen LogP contribution in [0.3, 0.4) is 0 Å². The second kappa shape index (κ2) is 10.7. The van der Waals surface area contributed by atoms with E-state index in [2.05, 4.69) is 10.0 Å². The van der Waals surface area contributed by atoms with Gasteiger partial charge >= 0.3 is 12.1 Å². The third kappa shape index (κ3) is 7.16. The summed E-state index contributed by atoms with van der Waals surface area (Å²) in [5, 5.41) is 12.1. The van der Waals surface area contributed by atoms with Crippen molar-refractivity contribution in [1.29, 1.82) is 0 Å². The maximum absolute atomic E-state index is 12.5. The number of carbonyl (C=O) groups is 2. The van der Waals surface area contributed by atoms with E-state index < -0.39 is 27.6 Å². The molecule has 0 aliphatic rings. The Morgan fingerprint density at radius 3 is 2.20 bits per heavy atom. The minimum absolute atomic E-state index is 0.000281. The Bertz CT molecular complexity index is 934. The van der Waals surface area contributed by atoms with Gasteiger partial charge in [-0.1, -0.05) is 48.5 Å². The molecule has 2 aromatic rings. The fraction of sp³-hybridized carbons (Fsp3) is 0.333. The topological polar surface area (TPSA) is 122 Å². The number of carbonyl (C=O) groups excluding carboxylic acids is 1. The highest BCUT2D eigenvalue weighted by Gasteiger charge is 2.37. The van der Waals surface area contributed by atoms with Gasteiger partial charge < -0.3 is 15.2 Å². The summed E-state index contributed by atoms with van der Waals surface area (Å²) in [4.78, 5) is 23.4. The molecular formula is C21H26N2O6S. The first-order valence-corrected chi connectivity index (χ1v) is 11.0. The summed E-state index contributed by atoms with van der Waals surface area (Å²) in [6, 6.07) is 16.9. The molecule has 162 valence electrons. The van der Waals surface area contributed by atoms with Crippen molar-refractivity contribution in [2.75, 3.05) is 6.54 Å². The fourth-order valence-electron chi connectivity index (χ4n) is 2.72. The smallest absolute Gasteiger partial charge is 0.407 e. The number of alkyl carbamates (subject to hydrolysis) is 1. The third-order valence-corrected chi connectivity index (χ3v) is 6.08. The van der Waals surface area contributed by atoms with Crippen LogP contribution in [0.2, 0.25) is 0 Å². The van der Waals surface area contributed by atoms with E-state index in [1.807, 2.05) is 30.3 Å². The number of hydrogen-bond acceptors (Lipinski definition) is 5. The third-order valence-electron chi connectivity index (χ3n) is 4.47. The lowest BCUT2D eigenvalue weighted by Gasteiger charge is -2.26. The average molecular weight is 435 g/mol. The van der Waals surface area contributed by atoms with Crippen molar-refractivity contribution in [3.05, 3.63) is 66.2 Å². The molecule has 0 unspecified atom stereocenters. The number of sulfonamides is 1. The maximum Gasteiger partial charge on any atom is 0.407 e. The Morgan fingerprint density at radius 2 is 1.60 bits per heavy atom.